The zero-order valence-corrected chi connectivity index (χ0v) is 5.94. The Morgan fingerprint density at radius 3 is 2.43 bits per heavy atom. The van der Waals surface area contributed by atoms with E-state index < -0.39 is 0 Å². The Hall–Kier alpha value is 0.400. The molecule has 2 N–H and O–H groups in total. The van der Waals surface area contributed by atoms with Crippen LogP contribution in [0.5, 0.6) is 0 Å². The average Bonchev–Trinajstić information content (AvgIpc) is 1.72. The van der Waals surface area contributed by atoms with Gasteiger partial charge in [-0.2, -0.15) is 0 Å². The third-order valence-corrected chi connectivity index (χ3v) is 1.49. The van der Waals surface area contributed by atoms with Crippen molar-refractivity contribution in [1.82, 2.24) is 0 Å². The number of nitrogens with two attached hydrogens (primary N) is 1. The highest BCUT2D eigenvalue weighted by Gasteiger charge is 1.97. The van der Waals surface area contributed by atoms with Crippen molar-refractivity contribution in [2.45, 2.75) is 6.10 Å². The van der Waals surface area contributed by atoms with E-state index in [1.165, 1.54) is 0 Å². The standard InChI is InChI=1S/C4H10BrNO/c1-7-4(2-5)3-6/h4H,2-3,6H2,1H3. The van der Waals surface area contributed by atoms with Crippen LogP contribution in [0, 0.1) is 0 Å². The molecule has 2 nitrogen and oxygen atoms in total. The minimum atomic E-state index is 0.181. The normalized spacial score (nSPS) is 14.1. The lowest BCUT2D eigenvalue weighted by Gasteiger charge is -2.06. The molecule has 0 aliphatic heterocycles. The summed E-state index contributed by atoms with van der Waals surface area (Å²) in [7, 11) is 1.65. The third-order valence-electron chi connectivity index (χ3n) is 0.768. The molecule has 0 aromatic rings. The van der Waals surface area contributed by atoms with Gasteiger partial charge in [-0.3, -0.25) is 0 Å². The molecule has 0 spiro atoms. The summed E-state index contributed by atoms with van der Waals surface area (Å²) in [5.74, 6) is 0. The molecule has 1 unspecified atom stereocenters. The quantitative estimate of drug-likeness (QED) is 0.617. The summed E-state index contributed by atoms with van der Waals surface area (Å²) in [6, 6.07) is 0. The van der Waals surface area contributed by atoms with Crippen molar-refractivity contribution in [3.8, 4) is 0 Å². The van der Waals surface area contributed by atoms with E-state index in [0.717, 1.165) is 5.33 Å². The van der Waals surface area contributed by atoms with Crippen molar-refractivity contribution in [3.63, 3.8) is 0 Å². The van der Waals surface area contributed by atoms with Crippen LogP contribution in [0.2, 0.25) is 0 Å². The molecule has 0 rings (SSSR count). The monoisotopic (exact) mass is 167 g/mol. The second-order valence-corrected chi connectivity index (χ2v) is 1.90. The Bertz CT molecular complexity index is 33.2. The second-order valence-electron chi connectivity index (χ2n) is 1.25. The van der Waals surface area contributed by atoms with Crippen LogP contribution in [0.1, 0.15) is 0 Å². The van der Waals surface area contributed by atoms with Gasteiger partial charge in [-0.15, -0.1) is 0 Å². The first-order valence-electron chi connectivity index (χ1n) is 2.14. The van der Waals surface area contributed by atoms with Crippen LogP contribution in [0.15, 0.2) is 0 Å². The summed E-state index contributed by atoms with van der Waals surface area (Å²) in [5, 5.41) is 0.819. The van der Waals surface area contributed by atoms with Crippen LogP contribution in [-0.2, 0) is 4.74 Å². The van der Waals surface area contributed by atoms with E-state index in [0.29, 0.717) is 6.54 Å². The Labute approximate surface area is 52.2 Å². The number of methoxy groups -OCH3 is 1. The highest BCUT2D eigenvalue weighted by Crippen LogP contribution is 1.90. The Balaban J connectivity index is 2.99. The van der Waals surface area contributed by atoms with Crippen LogP contribution >= 0.6 is 15.9 Å². The van der Waals surface area contributed by atoms with Gasteiger partial charge in [0.2, 0.25) is 0 Å². The summed E-state index contributed by atoms with van der Waals surface area (Å²) in [6.07, 6.45) is 0.181. The molecule has 0 aromatic carbocycles. The molecule has 0 radical (unpaired) electrons. The predicted octanol–water partition coefficient (Wildman–Crippen LogP) is 0.355. The smallest absolute Gasteiger partial charge is 0.0790 e. The molecular weight excluding hydrogens is 158 g/mol. The number of alkyl halides is 1. The summed E-state index contributed by atoms with van der Waals surface area (Å²) in [6.45, 7) is 0.585. The average molecular weight is 168 g/mol. The first-order valence-corrected chi connectivity index (χ1v) is 3.26. The maximum atomic E-state index is 5.24. The van der Waals surface area contributed by atoms with Crippen LogP contribution < -0.4 is 5.73 Å². The molecule has 44 valence electrons. The van der Waals surface area contributed by atoms with Gasteiger partial charge >= 0.3 is 0 Å². The number of hydrogen-bond donors (Lipinski definition) is 1. The molecule has 3 heteroatoms. The Kier molecular flexibility index (Phi) is 4.82. The second kappa shape index (κ2) is 4.56. The molecule has 0 saturated carbocycles. The molecule has 0 amide bonds. The Morgan fingerprint density at radius 2 is 2.43 bits per heavy atom. The van der Waals surface area contributed by atoms with Crippen molar-refractivity contribution >= 4 is 15.9 Å². The molecule has 1 atom stereocenters. The van der Waals surface area contributed by atoms with Crippen molar-refractivity contribution in [2.75, 3.05) is 19.0 Å². The van der Waals surface area contributed by atoms with E-state index >= 15 is 0 Å². The van der Waals surface area contributed by atoms with Crippen molar-refractivity contribution in [1.29, 1.82) is 0 Å². The van der Waals surface area contributed by atoms with Gasteiger partial charge in [0.05, 0.1) is 6.10 Å². The van der Waals surface area contributed by atoms with Gasteiger partial charge < -0.3 is 10.5 Å². The van der Waals surface area contributed by atoms with Gasteiger partial charge in [-0.25, -0.2) is 0 Å². The Morgan fingerprint density at radius 1 is 1.86 bits per heavy atom. The molecule has 0 bridgehead atoms. The molecule has 0 aliphatic carbocycles. The highest BCUT2D eigenvalue weighted by molar-refractivity contribution is 9.09. The topological polar surface area (TPSA) is 35.2 Å². The van der Waals surface area contributed by atoms with E-state index in [9.17, 15) is 0 Å². The summed E-state index contributed by atoms with van der Waals surface area (Å²) in [4.78, 5) is 0. The zero-order chi connectivity index (χ0) is 5.70. The molecule has 0 aromatic heterocycles. The largest absolute Gasteiger partial charge is 0.379 e. The molecular formula is C4H10BrNO. The van der Waals surface area contributed by atoms with Gasteiger partial charge in [0.1, 0.15) is 0 Å². The lowest BCUT2D eigenvalue weighted by atomic mass is 10.4. The van der Waals surface area contributed by atoms with Crippen LogP contribution in [0.4, 0.5) is 0 Å². The summed E-state index contributed by atoms with van der Waals surface area (Å²) in [5.41, 5.74) is 5.24. The number of rotatable bonds is 3. The van der Waals surface area contributed by atoms with E-state index in [2.05, 4.69) is 15.9 Å². The molecule has 0 saturated heterocycles. The maximum absolute atomic E-state index is 5.24. The van der Waals surface area contributed by atoms with Crippen LogP contribution in [0.25, 0.3) is 0 Å². The van der Waals surface area contributed by atoms with Gasteiger partial charge in [-0.1, -0.05) is 15.9 Å². The van der Waals surface area contributed by atoms with E-state index in [4.69, 9.17) is 10.5 Å². The minimum absolute atomic E-state index is 0.181. The summed E-state index contributed by atoms with van der Waals surface area (Å²) >= 11 is 3.23. The van der Waals surface area contributed by atoms with E-state index in [1.807, 2.05) is 0 Å². The predicted molar refractivity (Wildman–Crippen MR) is 33.6 cm³/mol. The van der Waals surface area contributed by atoms with Gasteiger partial charge in [-0.05, 0) is 0 Å². The lowest BCUT2D eigenvalue weighted by Crippen LogP contribution is -2.23. The lowest BCUT2D eigenvalue weighted by molar-refractivity contribution is 0.130. The zero-order valence-electron chi connectivity index (χ0n) is 4.36. The number of hydrogen-bond acceptors (Lipinski definition) is 2. The van der Waals surface area contributed by atoms with Crippen molar-refractivity contribution < 1.29 is 4.74 Å². The highest BCUT2D eigenvalue weighted by atomic mass is 79.9. The fraction of sp³-hybridized carbons (Fsp3) is 1.00. The number of ether oxygens (including phenoxy) is 1. The molecule has 7 heavy (non-hydrogen) atoms. The SMILES string of the molecule is COC(CN)CBr. The van der Waals surface area contributed by atoms with Gasteiger partial charge in [0.15, 0.2) is 0 Å². The van der Waals surface area contributed by atoms with Crippen LogP contribution in [0.3, 0.4) is 0 Å². The molecule has 0 aliphatic rings. The number of halogens is 1. The molecule has 0 fully saturated rings. The van der Waals surface area contributed by atoms with Gasteiger partial charge in [0.25, 0.3) is 0 Å². The van der Waals surface area contributed by atoms with E-state index in [-0.39, 0.29) is 6.10 Å². The van der Waals surface area contributed by atoms with Gasteiger partial charge in [0, 0.05) is 19.0 Å². The maximum Gasteiger partial charge on any atom is 0.0790 e. The first-order chi connectivity index (χ1) is 3.35. The van der Waals surface area contributed by atoms with Crippen molar-refractivity contribution in [3.05, 3.63) is 0 Å². The van der Waals surface area contributed by atoms with Crippen LogP contribution in [-0.4, -0.2) is 25.1 Å². The van der Waals surface area contributed by atoms with Crippen molar-refractivity contribution in [2.24, 2.45) is 5.73 Å². The minimum Gasteiger partial charge on any atom is -0.379 e. The van der Waals surface area contributed by atoms with E-state index in [1.54, 1.807) is 7.11 Å². The molecule has 0 heterocycles. The summed E-state index contributed by atoms with van der Waals surface area (Å²) < 4.78 is 4.88. The first kappa shape index (κ1) is 7.40. The fourth-order valence-electron chi connectivity index (χ4n) is 0.222. The fourth-order valence-corrected chi connectivity index (χ4v) is 0.751. The third kappa shape index (κ3) is 3.02.